The fourth-order valence-electron chi connectivity index (χ4n) is 0.806. The SMILES string of the molecule is O=C(Cl)Oc1ccc(F)cc1[N+](=O)[O-]. The van der Waals surface area contributed by atoms with E-state index in [0.717, 1.165) is 12.1 Å². The molecule has 0 bridgehead atoms. The maximum atomic E-state index is 12.6. The average molecular weight is 220 g/mol. The van der Waals surface area contributed by atoms with Crippen molar-refractivity contribution in [3.63, 3.8) is 0 Å². The van der Waals surface area contributed by atoms with Crippen LogP contribution in [0, 0.1) is 15.9 Å². The lowest BCUT2D eigenvalue weighted by Crippen LogP contribution is -2.00. The Balaban J connectivity index is 3.14. The molecule has 0 radical (unpaired) electrons. The van der Waals surface area contributed by atoms with Crippen LogP contribution in [0.25, 0.3) is 0 Å². The van der Waals surface area contributed by atoms with Gasteiger partial charge in [0.1, 0.15) is 5.82 Å². The molecule has 0 fully saturated rings. The highest BCUT2D eigenvalue weighted by molar-refractivity contribution is 6.61. The summed E-state index contributed by atoms with van der Waals surface area (Å²) >= 11 is 4.85. The monoisotopic (exact) mass is 219 g/mol. The van der Waals surface area contributed by atoms with Crippen LogP contribution in [0.2, 0.25) is 0 Å². The molecule has 0 spiro atoms. The van der Waals surface area contributed by atoms with Crippen LogP contribution in [0.15, 0.2) is 18.2 Å². The zero-order chi connectivity index (χ0) is 10.7. The van der Waals surface area contributed by atoms with Crippen LogP contribution in [0.1, 0.15) is 0 Å². The molecule has 0 saturated carbocycles. The summed E-state index contributed by atoms with van der Waals surface area (Å²) in [5, 5.41) is 10.4. The molecule has 0 aliphatic heterocycles. The first-order chi connectivity index (χ1) is 6.50. The van der Waals surface area contributed by atoms with Gasteiger partial charge in [-0.3, -0.25) is 10.1 Å². The molecule has 0 heterocycles. The van der Waals surface area contributed by atoms with E-state index < -0.39 is 27.6 Å². The molecule has 74 valence electrons. The van der Waals surface area contributed by atoms with Crippen molar-refractivity contribution >= 4 is 22.7 Å². The van der Waals surface area contributed by atoms with Crippen molar-refractivity contribution in [3.8, 4) is 5.75 Å². The van der Waals surface area contributed by atoms with E-state index in [1.165, 1.54) is 0 Å². The Kier molecular flexibility index (Phi) is 2.98. The van der Waals surface area contributed by atoms with Gasteiger partial charge in [0.25, 0.3) is 0 Å². The Hall–Kier alpha value is -1.69. The van der Waals surface area contributed by atoms with Gasteiger partial charge in [-0.2, -0.15) is 0 Å². The highest BCUT2D eigenvalue weighted by atomic mass is 35.5. The van der Waals surface area contributed by atoms with Crippen molar-refractivity contribution < 1.29 is 18.8 Å². The number of carbonyl (C=O) groups excluding carboxylic acids is 1. The quantitative estimate of drug-likeness (QED) is 0.435. The first kappa shape index (κ1) is 10.4. The normalized spacial score (nSPS) is 9.57. The molecule has 1 rings (SSSR count). The Morgan fingerprint density at radius 3 is 2.71 bits per heavy atom. The van der Waals surface area contributed by atoms with Crippen LogP contribution in [0.4, 0.5) is 14.9 Å². The number of nitrogens with zero attached hydrogens (tertiary/aromatic N) is 1. The lowest BCUT2D eigenvalue weighted by molar-refractivity contribution is -0.385. The van der Waals surface area contributed by atoms with Gasteiger partial charge in [-0.15, -0.1) is 0 Å². The topological polar surface area (TPSA) is 69.4 Å². The summed E-state index contributed by atoms with van der Waals surface area (Å²) in [5.74, 6) is -1.19. The maximum Gasteiger partial charge on any atom is 0.409 e. The van der Waals surface area contributed by atoms with Crippen molar-refractivity contribution in [2.75, 3.05) is 0 Å². The number of ether oxygens (including phenoxy) is 1. The van der Waals surface area contributed by atoms with Gasteiger partial charge in [0, 0.05) is 11.6 Å². The molecular weight excluding hydrogens is 217 g/mol. The van der Waals surface area contributed by atoms with Gasteiger partial charge in [0.2, 0.25) is 5.75 Å². The Morgan fingerprint density at radius 2 is 2.21 bits per heavy atom. The highest BCUT2D eigenvalue weighted by Gasteiger charge is 2.17. The van der Waals surface area contributed by atoms with Crippen LogP contribution < -0.4 is 4.74 Å². The molecule has 0 N–H and O–H groups in total. The van der Waals surface area contributed by atoms with Gasteiger partial charge in [-0.1, -0.05) is 0 Å². The minimum absolute atomic E-state index is 0.392. The zero-order valence-electron chi connectivity index (χ0n) is 6.57. The first-order valence-corrected chi connectivity index (χ1v) is 3.70. The lowest BCUT2D eigenvalue weighted by atomic mass is 10.3. The summed E-state index contributed by atoms with van der Waals surface area (Å²) in [6.45, 7) is 0. The standard InChI is InChI=1S/C7H3ClFNO4/c8-7(11)14-6-2-1-4(9)3-5(6)10(12)13/h1-3H. The number of rotatable bonds is 2. The molecule has 0 aliphatic carbocycles. The van der Waals surface area contributed by atoms with Crippen LogP contribution in [-0.2, 0) is 0 Å². The summed E-state index contributed by atoms with van der Waals surface area (Å²) in [5.41, 5.74) is -1.88. The maximum absolute atomic E-state index is 12.6. The second-order valence-electron chi connectivity index (χ2n) is 2.21. The van der Waals surface area contributed by atoms with E-state index in [1.807, 2.05) is 0 Å². The van der Waals surface area contributed by atoms with E-state index in [2.05, 4.69) is 4.74 Å². The van der Waals surface area contributed by atoms with E-state index in [4.69, 9.17) is 11.6 Å². The molecular formula is C7H3ClFNO4. The van der Waals surface area contributed by atoms with Crippen molar-refractivity contribution in [2.24, 2.45) is 0 Å². The second-order valence-corrected chi connectivity index (χ2v) is 2.52. The van der Waals surface area contributed by atoms with Gasteiger partial charge < -0.3 is 4.74 Å². The number of carbonyl (C=O) groups is 1. The van der Waals surface area contributed by atoms with Gasteiger partial charge in [-0.25, -0.2) is 9.18 Å². The summed E-state index contributed by atoms with van der Waals surface area (Å²) in [6.07, 6.45) is 0. The Bertz CT molecular complexity index is 395. The van der Waals surface area contributed by atoms with E-state index in [-0.39, 0.29) is 0 Å². The Morgan fingerprint density at radius 1 is 1.57 bits per heavy atom. The van der Waals surface area contributed by atoms with E-state index in [1.54, 1.807) is 0 Å². The van der Waals surface area contributed by atoms with E-state index in [0.29, 0.717) is 6.07 Å². The molecule has 1 aromatic rings. The molecule has 0 amide bonds. The van der Waals surface area contributed by atoms with E-state index >= 15 is 0 Å². The number of hydrogen-bond acceptors (Lipinski definition) is 4. The second kappa shape index (κ2) is 4.01. The lowest BCUT2D eigenvalue weighted by Gasteiger charge is -2.00. The number of halogens is 2. The van der Waals surface area contributed by atoms with Gasteiger partial charge in [0.05, 0.1) is 11.0 Å². The molecule has 0 aromatic heterocycles. The molecule has 5 nitrogen and oxygen atoms in total. The van der Waals surface area contributed by atoms with Crippen molar-refractivity contribution in [1.29, 1.82) is 0 Å². The molecule has 7 heteroatoms. The summed E-state index contributed by atoms with van der Waals surface area (Å²) in [7, 11) is 0. The van der Waals surface area contributed by atoms with Crippen LogP contribution >= 0.6 is 11.6 Å². The largest absolute Gasteiger partial charge is 0.409 e. The minimum Gasteiger partial charge on any atom is -0.407 e. The zero-order valence-corrected chi connectivity index (χ0v) is 7.32. The Labute approximate surface area is 82.2 Å². The highest BCUT2D eigenvalue weighted by Crippen LogP contribution is 2.27. The first-order valence-electron chi connectivity index (χ1n) is 3.32. The molecule has 0 unspecified atom stereocenters. The third-order valence-electron chi connectivity index (χ3n) is 1.31. The smallest absolute Gasteiger partial charge is 0.407 e. The molecule has 0 saturated heterocycles. The summed E-state index contributed by atoms with van der Waals surface area (Å²) in [4.78, 5) is 19.8. The van der Waals surface area contributed by atoms with E-state index in [9.17, 15) is 19.3 Å². The number of benzene rings is 1. The van der Waals surface area contributed by atoms with Crippen LogP contribution in [0.3, 0.4) is 0 Å². The van der Waals surface area contributed by atoms with Crippen molar-refractivity contribution in [2.45, 2.75) is 0 Å². The molecule has 14 heavy (non-hydrogen) atoms. The number of nitro benzene ring substituents is 1. The van der Waals surface area contributed by atoms with Crippen LogP contribution in [-0.4, -0.2) is 10.4 Å². The van der Waals surface area contributed by atoms with Gasteiger partial charge >= 0.3 is 11.1 Å². The minimum atomic E-state index is -1.22. The average Bonchev–Trinajstić information content (AvgIpc) is 2.07. The van der Waals surface area contributed by atoms with Crippen LogP contribution in [0.5, 0.6) is 5.75 Å². The number of hydrogen-bond donors (Lipinski definition) is 0. The summed E-state index contributed by atoms with van der Waals surface area (Å²) < 4.78 is 16.8. The summed E-state index contributed by atoms with van der Waals surface area (Å²) in [6, 6.07) is 2.51. The predicted molar refractivity (Wildman–Crippen MR) is 44.9 cm³/mol. The molecule has 0 aliphatic rings. The molecule has 1 aromatic carbocycles. The van der Waals surface area contributed by atoms with Crippen molar-refractivity contribution in [3.05, 3.63) is 34.1 Å². The third kappa shape index (κ3) is 2.40. The van der Waals surface area contributed by atoms with Gasteiger partial charge in [0.15, 0.2) is 0 Å². The third-order valence-corrected chi connectivity index (χ3v) is 1.39. The number of nitro groups is 1. The van der Waals surface area contributed by atoms with Gasteiger partial charge in [-0.05, 0) is 12.1 Å². The predicted octanol–water partition coefficient (Wildman–Crippen LogP) is 2.47. The molecule has 0 atom stereocenters. The fraction of sp³-hybridized carbons (Fsp3) is 0. The van der Waals surface area contributed by atoms with Crippen molar-refractivity contribution in [1.82, 2.24) is 0 Å². The fourth-order valence-corrected chi connectivity index (χ4v) is 0.889.